The van der Waals surface area contributed by atoms with E-state index < -0.39 is 0 Å². The summed E-state index contributed by atoms with van der Waals surface area (Å²) < 4.78 is 7.49. The van der Waals surface area contributed by atoms with E-state index in [-0.39, 0.29) is 11.6 Å². The second kappa shape index (κ2) is 8.27. The highest BCUT2D eigenvalue weighted by atomic mass is 35.5. The van der Waals surface area contributed by atoms with E-state index in [4.69, 9.17) is 16.3 Å². The van der Waals surface area contributed by atoms with Crippen LogP contribution in [0.25, 0.3) is 16.6 Å². The number of anilines is 1. The van der Waals surface area contributed by atoms with E-state index in [9.17, 15) is 4.79 Å². The Morgan fingerprint density at radius 2 is 2.12 bits per heavy atom. The summed E-state index contributed by atoms with van der Waals surface area (Å²) >= 11 is 6.44. The molecule has 5 rings (SSSR count). The Hall–Kier alpha value is -3.39. The van der Waals surface area contributed by atoms with Crippen LogP contribution in [0.5, 0.6) is 5.75 Å². The fourth-order valence-corrected chi connectivity index (χ4v) is 3.90. The molecule has 8 nitrogen and oxygen atoms in total. The SMILES string of the molecule is Cc1nnnn1-c1cccc(NC(C)c2cc3cc(Cl)c(OCC4CC4)cc3[nH]c2=O)c1. The number of halogens is 1. The number of fused-ring (bicyclic) bond motifs is 1. The van der Waals surface area contributed by atoms with Gasteiger partial charge in [0.25, 0.3) is 5.56 Å². The Balaban J connectivity index is 1.40. The van der Waals surface area contributed by atoms with Crippen molar-refractivity contribution in [3.8, 4) is 11.4 Å². The molecule has 1 saturated carbocycles. The summed E-state index contributed by atoms with van der Waals surface area (Å²) in [4.78, 5) is 15.8. The Morgan fingerprint density at radius 3 is 2.88 bits per heavy atom. The molecule has 1 unspecified atom stereocenters. The third-order valence-corrected chi connectivity index (χ3v) is 5.96. The van der Waals surface area contributed by atoms with Crippen LogP contribution in [0.4, 0.5) is 5.69 Å². The number of H-pyrrole nitrogens is 1. The van der Waals surface area contributed by atoms with Crippen molar-refractivity contribution in [1.29, 1.82) is 0 Å². The monoisotopic (exact) mass is 450 g/mol. The number of nitrogens with zero attached hydrogens (tertiary/aromatic N) is 4. The van der Waals surface area contributed by atoms with Crippen molar-refractivity contribution in [3.05, 3.63) is 69.2 Å². The topological polar surface area (TPSA) is 97.7 Å². The first-order valence-electron chi connectivity index (χ1n) is 10.6. The highest BCUT2D eigenvalue weighted by Crippen LogP contribution is 2.34. The molecule has 32 heavy (non-hydrogen) atoms. The van der Waals surface area contributed by atoms with Gasteiger partial charge < -0.3 is 15.0 Å². The summed E-state index contributed by atoms with van der Waals surface area (Å²) in [6.45, 7) is 4.45. The minimum Gasteiger partial charge on any atom is -0.492 e. The zero-order valence-corrected chi connectivity index (χ0v) is 18.6. The van der Waals surface area contributed by atoms with Crippen molar-refractivity contribution in [2.24, 2.45) is 5.92 Å². The molecule has 0 radical (unpaired) electrons. The lowest BCUT2D eigenvalue weighted by atomic mass is 10.1. The van der Waals surface area contributed by atoms with Gasteiger partial charge in [-0.3, -0.25) is 4.79 Å². The summed E-state index contributed by atoms with van der Waals surface area (Å²) in [6.07, 6.45) is 2.41. The molecule has 2 aromatic heterocycles. The molecular weight excluding hydrogens is 428 g/mol. The summed E-state index contributed by atoms with van der Waals surface area (Å²) in [6, 6.07) is 13.0. The van der Waals surface area contributed by atoms with Gasteiger partial charge in [0, 0.05) is 22.7 Å². The molecule has 164 valence electrons. The van der Waals surface area contributed by atoms with Crippen LogP contribution in [0.1, 0.15) is 37.2 Å². The Labute approximate surface area is 189 Å². The summed E-state index contributed by atoms with van der Waals surface area (Å²) in [5, 5.41) is 16.4. The number of hydrogen-bond donors (Lipinski definition) is 2. The largest absolute Gasteiger partial charge is 0.492 e. The molecule has 0 saturated heterocycles. The number of aromatic amines is 1. The minimum absolute atomic E-state index is 0.152. The molecule has 0 amide bonds. The molecule has 0 aliphatic heterocycles. The molecule has 1 aliphatic rings. The first-order valence-corrected chi connectivity index (χ1v) is 11.0. The standard InChI is InChI=1S/C23H23ClN6O2/c1-13(25-17-4-3-5-18(10-17)30-14(2)27-28-29-30)19-8-16-9-20(24)22(32-12-15-6-7-15)11-21(16)26-23(19)31/h3-5,8-11,13,15,25H,6-7,12H2,1-2H3,(H,26,31). The lowest BCUT2D eigenvalue weighted by molar-refractivity contribution is 0.300. The summed E-state index contributed by atoms with van der Waals surface area (Å²) in [7, 11) is 0. The van der Waals surface area contributed by atoms with E-state index in [1.165, 1.54) is 12.8 Å². The van der Waals surface area contributed by atoms with Gasteiger partial charge in [-0.2, -0.15) is 4.68 Å². The van der Waals surface area contributed by atoms with Crippen molar-refractivity contribution < 1.29 is 4.74 Å². The van der Waals surface area contributed by atoms with E-state index in [0.717, 1.165) is 16.8 Å². The van der Waals surface area contributed by atoms with Gasteiger partial charge in [0.1, 0.15) is 5.75 Å². The molecule has 1 atom stereocenters. The summed E-state index contributed by atoms with van der Waals surface area (Å²) in [5.74, 6) is 1.92. The number of ether oxygens (including phenoxy) is 1. The van der Waals surface area contributed by atoms with E-state index in [1.807, 2.05) is 50.2 Å². The van der Waals surface area contributed by atoms with E-state index in [0.29, 0.717) is 40.2 Å². The molecule has 2 heterocycles. The second-order valence-electron chi connectivity index (χ2n) is 8.23. The molecule has 1 aliphatic carbocycles. The van der Waals surface area contributed by atoms with Crippen molar-refractivity contribution in [2.45, 2.75) is 32.7 Å². The number of hydrogen-bond acceptors (Lipinski definition) is 6. The average molecular weight is 451 g/mol. The lowest BCUT2D eigenvalue weighted by Gasteiger charge is -2.17. The maximum atomic E-state index is 12.8. The first-order chi connectivity index (χ1) is 15.5. The van der Waals surface area contributed by atoms with Crippen molar-refractivity contribution in [1.82, 2.24) is 25.2 Å². The molecule has 0 bridgehead atoms. The smallest absolute Gasteiger partial charge is 0.253 e. The fourth-order valence-electron chi connectivity index (χ4n) is 3.67. The molecule has 9 heteroatoms. The number of benzene rings is 2. The van der Waals surface area contributed by atoms with Gasteiger partial charge in [-0.25, -0.2) is 0 Å². The quantitative estimate of drug-likeness (QED) is 0.432. The van der Waals surface area contributed by atoms with Crippen LogP contribution in [-0.4, -0.2) is 31.8 Å². The normalized spacial score (nSPS) is 14.5. The highest BCUT2D eigenvalue weighted by Gasteiger charge is 2.22. The maximum absolute atomic E-state index is 12.8. The number of nitrogens with one attached hydrogen (secondary N) is 2. The first kappa shape index (κ1) is 20.5. The van der Waals surface area contributed by atoms with Crippen molar-refractivity contribution in [3.63, 3.8) is 0 Å². The number of rotatable bonds is 7. The van der Waals surface area contributed by atoms with E-state index in [2.05, 4.69) is 25.8 Å². The van der Waals surface area contributed by atoms with E-state index in [1.54, 1.807) is 10.7 Å². The Kier molecular flexibility index (Phi) is 5.30. The van der Waals surface area contributed by atoms with Gasteiger partial charge in [-0.15, -0.1) is 5.10 Å². The van der Waals surface area contributed by atoms with Crippen LogP contribution < -0.4 is 15.6 Å². The number of pyridine rings is 1. The number of aromatic nitrogens is 5. The number of tetrazole rings is 1. The molecule has 2 N–H and O–H groups in total. The third kappa shape index (κ3) is 4.18. The number of aryl methyl sites for hydroxylation is 1. The van der Waals surface area contributed by atoms with Crippen LogP contribution in [-0.2, 0) is 0 Å². The Bertz CT molecular complexity index is 1340. The predicted octanol–water partition coefficient (Wildman–Crippen LogP) is 4.43. The van der Waals surface area contributed by atoms with Gasteiger partial charge in [-0.1, -0.05) is 17.7 Å². The Morgan fingerprint density at radius 1 is 1.28 bits per heavy atom. The third-order valence-electron chi connectivity index (χ3n) is 5.66. The predicted molar refractivity (Wildman–Crippen MR) is 124 cm³/mol. The highest BCUT2D eigenvalue weighted by molar-refractivity contribution is 6.32. The van der Waals surface area contributed by atoms with Gasteiger partial charge in [-0.05, 0) is 73.4 Å². The molecule has 2 aromatic carbocycles. The lowest BCUT2D eigenvalue weighted by Crippen LogP contribution is -2.19. The zero-order valence-electron chi connectivity index (χ0n) is 17.8. The van der Waals surface area contributed by atoms with Gasteiger partial charge in [0.2, 0.25) is 0 Å². The van der Waals surface area contributed by atoms with Gasteiger partial charge in [0.05, 0.1) is 28.9 Å². The van der Waals surface area contributed by atoms with Crippen LogP contribution in [0.3, 0.4) is 0 Å². The molecule has 1 fully saturated rings. The molecular formula is C23H23ClN6O2. The minimum atomic E-state index is -0.238. The fraction of sp³-hybridized carbons (Fsp3) is 0.304. The van der Waals surface area contributed by atoms with Crippen LogP contribution in [0.15, 0.2) is 47.3 Å². The average Bonchev–Trinajstić information content (AvgIpc) is 3.50. The van der Waals surface area contributed by atoms with Gasteiger partial charge in [0.15, 0.2) is 5.82 Å². The maximum Gasteiger partial charge on any atom is 0.253 e. The van der Waals surface area contributed by atoms with Crippen LogP contribution >= 0.6 is 11.6 Å². The van der Waals surface area contributed by atoms with Crippen LogP contribution in [0.2, 0.25) is 5.02 Å². The summed E-state index contributed by atoms with van der Waals surface area (Å²) in [5.41, 5.74) is 2.86. The van der Waals surface area contributed by atoms with Gasteiger partial charge >= 0.3 is 0 Å². The zero-order chi connectivity index (χ0) is 22.2. The second-order valence-corrected chi connectivity index (χ2v) is 8.64. The van der Waals surface area contributed by atoms with Crippen molar-refractivity contribution >= 4 is 28.2 Å². The van der Waals surface area contributed by atoms with Crippen molar-refractivity contribution in [2.75, 3.05) is 11.9 Å². The van der Waals surface area contributed by atoms with Crippen LogP contribution in [0, 0.1) is 12.8 Å². The molecule has 4 aromatic rings. The van der Waals surface area contributed by atoms with E-state index >= 15 is 0 Å². The molecule has 0 spiro atoms.